The molecule has 0 bridgehead atoms. The first-order valence-electron chi connectivity index (χ1n) is 7.36. The van der Waals surface area contributed by atoms with Crippen molar-refractivity contribution in [2.45, 2.75) is 20.4 Å². The Hall–Kier alpha value is -1.51. The number of benzene rings is 2. The average Bonchev–Trinajstić information content (AvgIpc) is 2.47. The van der Waals surface area contributed by atoms with Gasteiger partial charge in [-0.3, -0.25) is 0 Å². The van der Waals surface area contributed by atoms with E-state index in [1.807, 2.05) is 18.2 Å². The predicted octanol–water partition coefficient (Wildman–Crippen LogP) is 4.85. The summed E-state index contributed by atoms with van der Waals surface area (Å²) in [6.45, 7) is 6.25. The van der Waals surface area contributed by atoms with Crippen molar-refractivity contribution >= 4 is 23.0 Å². The van der Waals surface area contributed by atoms with Crippen LogP contribution < -0.4 is 10.2 Å². The highest BCUT2D eigenvalue weighted by molar-refractivity contribution is 6.30. The number of hydrogen-bond donors (Lipinski definition) is 1. The van der Waals surface area contributed by atoms with Crippen LogP contribution in [0.1, 0.15) is 19.4 Å². The molecule has 0 saturated heterocycles. The number of nitrogens with zero attached hydrogens (tertiary/aromatic N) is 1. The number of anilines is 2. The summed E-state index contributed by atoms with van der Waals surface area (Å²) in [5, 5.41) is 4.27. The van der Waals surface area contributed by atoms with Gasteiger partial charge in [0, 0.05) is 30.0 Å². The molecule has 0 aliphatic rings. The molecule has 0 spiro atoms. The lowest BCUT2D eigenvalue weighted by atomic mass is 10.1. The number of halogens is 1. The fourth-order valence-corrected chi connectivity index (χ4v) is 2.50. The summed E-state index contributed by atoms with van der Waals surface area (Å²) in [6.07, 6.45) is 0. The number of para-hydroxylation sites is 1. The van der Waals surface area contributed by atoms with E-state index < -0.39 is 0 Å². The first-order valence-corrected chi connectivity index (χ1v) is 7.73. The molecule has 112 valence electrons. The molecule has 0 fully saturated rings. The number of rotatable bonds is 6. The van der Waals surface area contributed by atoms with Crippen LogP contribution in [0.2, 0.25) is 5.02 Å². The van der Waals surface area contributed by atoms with Gasteiger partial charge in [-0.1, -0.05) is 43.6 Å². The Morgan fingerprint density at radius 1 is 1.10 bits per heavy atom. The maximum Gasteiger partial charge on any atom is 0.0454 e. The van der Waals surface area contributed by atoms with Crippen molar-refractivity contribution in [2.24, 2.45) is 5.92 Å². The van der Waals surface area contributed by atoms with Crippen molar-refractivity contribution in [3.05, 3.63) is 59.1 Å². The second-order valence-corrected chi connectivity index (χ2v) is 6.13. The van der Waals surface area contributed by atoms with E-state index >= 15 is 0 Å². The SMILES string of the molecule is CC(C)CNCc1cc(Cl)ccc1N(C)c1ccccc1. The number of hydrogen-bond acceptors (Lipinski definition) is 2. The standard InChI is InChI=1S/C18H23ClN2/c1-14(2)12-20-13-15-11-16(19)9-10-18(15)21(3)17-7-5-4-6-8-17/h4-11,14,20H,12-13H2,1-3H3. The summed E-state index contributed by atoms with van der Waals surface area (Å²) in [5.74, 6) is 0.638. The maximum atomic E-state index is 6.16. The summed E-state index contributed by atoms with van der Waals surface area (Å²) in [5.41, 5.74) is 3.57. The highest BCUT2D eigenvalue weighted by atomic mass is 35.5. The summed E-state index contributed by atoms with van der Waals surface area (Å²) in [6, 6.07) is 16.4. The Morgan fingerprint density at radius 3 is 2.48 bits per heavy atom. The van der Waals surface area contributed by atoms with Gasteiger partial charge in [0.2, 0.25) is 0 Å². The van der Waals surface area contributed by atoms with Gasteiger partial charge in [-0.15, -0.1) is 0 Å². The van der Waals surface area contributed by atoms with Gasteiger partial charge in [0.1, 0.15) is 0 Å². The minimum absolute atomic E-state index is 0.638. The molecule has 2 rings (SSSR count). The van der Waals surface area contributed by atoms with Crippen LogP contribution in [0, 0.1) is 5.92 Å². The second-order valence-electron chi connectivity index (χ2n) is 5.69. The summed E-state index contributed by atoms with van der Waals surface area (Å²) in [7, 11) is 2.09. The van der Waals surface area contributed by atoms with Crippen LogP contribution in [0.3, 0.4) is 0 Å². The minimum atomic E-state index is 0.638. The van der Waals surface area contributed by atoms with E-state index in [4.69, 9.17) is 11.6 Å². The van der Waals surface area contributed by atoms with Crippen LogP contribution in [0.15, 0.2) is 48.5 Å². The molecule has 0 aromatic heterocycles. The van der Waals surface area contributed by atoms with Gasteiger partial charge in [0.05, 0.1) is 0 Å². The normalized spacial score (nSPS) is 10.9. The van der Waals surface area contributed by atoms with Crippen molar-refractivity contribution in [1.29, 1.82) is 0 Å². The van der Waals surface area contributed by atoms with E-state index in [0.29, 0.717) is 5.92 Å². The Kier molecular flexibility index (Phi) is 5.66. The molecule has 2 aromatic rings. The van der Waals surface area contributed by atoms with Crippen molar-refractivity contribution in [3.63, 3.8) is 0 Å². The molecule has 0 saturated carbocycles. The Bertz CT molecular complexity index is 567. The quantitative estimate of drug-likeness (QED) is 0.820. The molecule has 0 aliphatic carbocycles. The monoisotopic (exact) mass is 302 g/mol. The predicted molar refractivity (Wildman–Crippen MR) is 92.5 cm³/mol. The molecule has 2 nitrogen and oxygen atoms in total. The molecule has 0 atom stereocenters. The molecule has 3 heteroatoms. The van der Waals surface area contributed by atoms with E-state index in [-0.39, 0.29) is 0 Å². The highest BCUT2D eigenvalue weighted by Crippen LogP contribution is 2.29. The molecule has 0 unspecified atom stereocenters. The lowest BCUT2D eigenvalue weighted by Crippen LogP contribution is -2.21. The van der Waals surface area contributed by atoms with Crippen molar-refractivity contribution in [1.82, 2.24) is 5.32 Å². The molecule has 0 aliphatic heterocycles. The van der Waals surface area contributed by atoms with Crippen LogP contribution in [0.4, 0.5) is 11.4 Å². The van der Waals surface area contributed by atoms with Crippen molar-refractivity contribution in [3.8, 4) is 0 Å². The summed E-state index contributed by atoms with van der Waals surface area (Å²) >= 11 is 6.16. The van der Waals surface area contributed by atoms with Crippen molar-refractivity contribution in [2.75, 3.05) is 18.5 Å². The number of nitrogens with one attached hydrogen (secondary N) is 1. The molecule has 0 heterocycles. The van der Waals surface area contributed by atoms with Gasteiger partial charge < -0.3 is 10.2 Å². The first kappa shape index (κ1) is 15.9. The lowest BCUT2D eigenvalue weighted by molar-refractivity contribution is 0.552. The van der Waals surface area contributed by atoms with E-state index in [1.54, 1.807) is 0 Å². The van der Waals surface area contributed by atoms with Gasteiger partial charge in [-0.25, -0.2) is 0 Å². The largest absolute Gasteiger partial charge is 0.344 e. The van der Waals surface area contributed by atoms with Crippen molar-refractivity contribution < 1.29 is 0 Å². The van der Waals surface area contributed by atoms with E-state index in [0.717, 1.165) is 18.1 Å². The van der Waals surface area contributed by atoms with Crippen LogP contribution in [0.5, 0.6) is 0 Å². The van der Waals surface area contributed by atoms with Crippen LogP contribution in [-0.4, -0.2) is 13.6 Å². The van der Waals surface area contributed by atoms with Gasteiger partial charge in [-0.05, 0) is 48.4 Å². The fourth-order valence-electron chi connectivity index (χ4n) is 2.31. The third-order valence-electron chi connectivity index (χ3n) is 3.41. The van der Waals surface area contributed by atoms with E-state index in [9.17, 15) is 0 Å². The summed E-state index contributed by atoms with van der Waals surface area (Å²) in [4.78, 5) is 2.20. The molecule has 0 radical (unpaired) electrons. The fraction of sp³-hybridized carbons (Fsp3) is 0.333. The van der Waals surface area contributed by atoms with Crippen LogP contribution in [0.25, 0.3) is 0 Å². The lowest BCUT2D eigenvalue weighted by Gasteiger charge is -2.23. The average molecular weight is 303 g/mol. The summed E-state index contributed by atoms with van der Waals surface area (Å²) < 4.78 is 0. The third-order valence-corrected chi connectivity index (χ3v) is 3.65. The molecular formula is C18H23ClN2. The topological polar surface area (TPSA) is 15.3 Å². The van der Waals surface area contributed by atoms with Crippen LogP contribution >= 0.6 is 11.6 Å². The van der Waals surface area contributed by atoms with Gasteiger partial charge in [0.25, 0.3) is 0 Å². The van der Waals surface area contributed by atoms with Crippen LogP contribution in [-0.2, 0) is 6.54 Å². The van der Waals surface area contributed by atoms with E-state index in [1.165, 1.54) is 16.9 Å². The zero-order valence-corrected chi connectivity index (χ0v) is 13.7. The van der Waals surface area contributed by atoms with E-state index in [2.05, 4.69) is 61.4 Å². The Labute approximate surface area is 132 Å². The molecule has 0 amide bonds. The molecular weight excluding hydrogens is 280 g/mol. The Morgan fingerprint density at radius 2 is 1.81 bits per heavy atom. The molecule has 1 N–H and O–H groups in total. The smallest absolute Gasteiger partial charge is 0.0454 e. The second kappa shape index (κ2) is 7.48. The minimum Gasteiger partial charge on any atom is -0.344 e. The van der Waals surface area contributed by atoms with Gasteiger partial charge >= 0.3 is 0 Å². The maximum absolute atomic E-state index is 6.16. The first-order chi connectivity index (χ1) is 10.1. The van der Waals surface area contributed by atoms with Gasteiger partial charge in [0.15, 0.2) is 0 Å². The highest BCUT2D eigenvalue weighted by Gasteiger charge is 2.10. The third kappa shape index (κ3) is 4.48. The molecule has 21 heavy (non-hydrogen) atoms. The molecule has 2 aromatic carbocycles. The zero-order valence-electron chi connectivity index (χ0n) is 12.9. The Balaban J connectivity index is 2.22. The van der Waals surface area contributed by atoms with Gasteiger partial charge in [-0.2, -0.15) is 0 Å². The zero-order chi connectivity index (χ0) is 15.2.